The second-order valence-electron chi connectivity index (χ2n) is 3.87. The Hall–Kier alpha value is -0.370. The van der Waals surface area contributed by atoms with Gasteiger partial charge in [0.15, 0.2) is 0 Å². The molecule has 2 heteroatoms. The lowest BCUT2D eigenvalue weighted by molar-refractivity contribution is -0.140. The van der Waals surface area contributed by atoms with E-state index in [4.69, 9.17) is 4.74 Å². The van der Waals surface area contributed by atoms with Crippen LogP contribution in [0.25, 0.3) is 0 Å². The van der Waals surface area contributed by atoms with Gasteiger partial charge in [-0.1, -0.05) is 6.42 Å². The summed E-state index contributed by atoms with van der Waals surface area (Å²) in [4.78, 5) is 10.9. The summed E-state index contributed by atoms with van der Waals surface area (Å²) in [5.41, 5.74) is 0.284. The van der Waals surface area contributed by atoms with Gasteiger partial charge in [0, 0.05) is 25.4 Å². The van der Waals surface area contributed by atoms with Gasteiger partial charge in [-0.3, -0.25) is 4.79 Å². The van der Waals surface area contributed by atoms with E-state index < -0.39 is 0 Å². The van der Waals surface area contributed by atoms with Gasteiger partial charge >= 0.3 is 0 Å². The monoisotopic (exact) mass is 154 g/mol. The number of carbonyl (C=O) groups is 1. The highest BCUT2D eigenvalue weighted by atomic mass is 16.5. The molecule has 1 unspecified atom stereocenters. The molecule has 0 aliphatic heterocycles. The first kappa shape index (κ1) is 7.29. The van der Waals surface area contributed by atoms with Gasteiger partial charge in [-0.2, -0.15) is 0 Å². The van der Waals surface area contributed by atoms with Crippen molar-refractivity contribution < 1.29 is 9.53 Å². The first-order valence-corrected chi connectivity index (χ1v) is 4.31. The molecular weight excluding hydrogens is 140 g/mol. The molecule has 0 N–H and O–H groups in total. The van der Waals surface area contributed by atoms with Crippen LogP contribution in [0.15, 0.2) is 0 Å². The van der Waals surface area contributed by atoms with Crippen LogP contribution in [0.2, 0.25) is 0 Å². The molecule has 0 aromatic rings. The Morgan fingerprint density at radius 1 is 1.55 bits per heavy atom. The Morgan fingerprint density at radius 3 is 2.82 bits per heavy atom. The predicted octanol–water partition coefficient (Wildman–Crippen LogP) is 1.53. The van der Waals surface area contributed by atoms with E-state index in [1.807, 2.05) is 0 Å². The van der Waals surface area contributed by atoms with Crippen LogP contribution >= 0.6 is 0 Å². The third-order valence-corrected chi connectivity index (χ3v) is 3.21. The highest BCUT2D eigenvalue weighted by Crippen LogP contribution is 2.52. The highest BCUT2D eigenvalue weighted by molar-refractivity contribution is 5.86. The lowest BCUT2D eigenvalue weighted by Gasteiger charge is -2.41. The Balaban J connectivity index is 2.07. The lowest BCUT2D eigenvalue weighted by Crippen LogP contribution is -2.44. The van der Waals surface area contributed by atoms with Crippen molar-refractivity contribution in [3.63, 3.8) is 0 Å². The smallest absolute Gasteiger partial charge is 0.134 e. The molecule has 11 heavy (non-hydrogen) atoms. The topological polar surface area (TPSA) is 26.3 Å². The van der Waals surface area contributed by atoms with Crippen LogP contribution in [0.5, 0.6) is 0 Å². The molecule has 1 spiro atoms. The number of ether oxygens (including phenoxy) is 1. The van der Waals surface area contributed by atoms with E-state index in [9.17, 15) is 4.79 Å². The zero-order chi connectivity index (χ0) is 7.90. The molecule has 2 aliphatic rings. The third kappa shape index (κ3) is 0.924. The average Bonchev–Trinajstić information content (AvgIpc) is 2.31. The Labute approximate surface area is 66.9 Å². The van der Waals surface area contributed by atoms with E-state index >= 15 is 0 Å². The van der Waals surface area contributed by atoms with Gasteiger partial charge in [0.25, 0.3) is 0 Å². The van der Waals surface area contributed by atoms with Crippen molar-refractivity contribution in [2.45, 2.75) is 38.2 Å². The van der Waals surface area contributed by atoms with Crippen molar-refractivity contribution in [3.05, 3.63) is 0 Å². The van der Waals surface area contributed by atoms with Crippen molar-refractivity contribution in [2.24, 2.45) is 5.41 Å². The van der Waals surface area contributed by atoms with Crippen LogP contribution in [0, 0.1) is 5.41 Å². The van der Waals surface area contributed by atoms with Gasteiger partial charge in [-0.05, 0) is 12.8 Å². The number of hydrogen-bond donors (Lipinski definition) is 0. The Morgan fingerprint density at radius 2 is 2.27 bits per heavy atom. The number of Topliss-reactive ketones (excluding diaryl/α,β-unsaturated/α-hetero) is 1. The molecule has 0 saturated heterocycles. The summed E-state index contributed by atoms with van der Waals surface area (Å²) in [5, 5.41) is 0. The Bertz CT molecular complexity index is 178. The fraction of sp³-hybridized carbons (Fsp3) is 0.889. The van der Waals surface area contributed by atoms with Gasteiger partial charge in [0.1, 0.15) is 5.78 Å². The van der Waals surface area contributed by atoms with Gasteiger partial charge in [-0.25, -0.2) is 0 Å². The number of rotatable bonds is 1. The van der Waals surface area contributed by atoms with Gasteiger partial charge in [0.2, 0.25) is 0 Å². The molecule has 0 aromatic carbocycles. The van der Waals surface area contributed by atoms with Crippen molar-refractivity contribution in [1.29, 1.82) is 0 Å². The number of ketones is 1. The fourth-order valence-electron chi connectivity index (χ4n) is 2.61. The molecule has 0 bridgehead atoms. The minimum atomic E-state index is 0.284. The minimum absolute atomic E-state index is 0.284. The molecular formula is C9H14O2. The summed E-state index contributed by atoms with van der Waals surface area (Å²) in [7, 11) is 1.76. The Kier molecular flexibility index (Phi) is 1.53. The summed E-state index contributed by atoms with van der Waals surface area (Å²) >= 11 is 0. The SMILES string of the molecule is COC1CCCC12CC(=O)C2. The number of carbonyl (C=O) groups excluding carboxylic acids is 1. The first-order chi connectivity index (χ1) is 5.27. The summed E-state index contributed by atoms with van der Waals surface area (Å²) in [5.74, 6) is 0.425. The maximum Gasteiger partial charge on any atom is 0.134 e. The van der Waals surface area contributed by atoms with E-state index in [0.29, 0.717) is 11.9 Å². The number of hydrogen-bond acceptors (Lipinski definition) is 2. The van der Waals surface area contributed by atoms with Crippen LogP contribution in [0.3, 0.4) is 0 Å². The summed E-state index contributed by atoms with van der Waals surface area (Å²) in [6.45, 7) is 0. The zero-order valence-corrected chi connectivity index (χ0v) is 6.93. The van der Waals surface area contributed by atoms with Crippen molar-refractivity contribution in [3.8, 4) is 0 Å². The molecule has 2 saturated carbocycles. The molecule has 0 radical (unpaired) electrons. The molecule has 2 aliphatic carbocycles. The van der Waals surface area contributed by atoms with Crippen LogP contribution in [0.1, 0.15) is 32.1 Å². The normalized spacial score (nSPS) is 34.3. The van der Waals surface area contributed by atoms with E-state index in [1.165, 1.54) is 12.8 Å². The molecule has 62 valence electrons. The van der Waals surface area contributed by atoms with Crippen LogP contribution in [0.4, 0.5) is 0 Å². The molecule has 2 fully saturated rings. The second-order valence-corrected chi connectivity index (χ2v) is 3.87. The summed E-state index contributed by atoms with van der Waals surface area (Å²) in [6, 6.07) is 0. The second kappa shape index (κ2) is 2.31. The lowest BCUT2D eigenvalue weighted by atomic mass is 9.65. The average molecular weight is 154 g/mol. The summed E-state index contributed by atoms with van der Waals surface area (Å²) in [6.07, 6.45) is 5.55. The highest BCUT2D eigenvalue weighted by Gasteiger charge is 2.51. The quantitative estimate of drug-likeness (QED) is 0.572. The minimum Gasteiger partial charge on any atom is -0.381 e. The van der Waals surface area contributed by atoms with Crippen LogP contribution in [-0.4, -0.2) is 19.0 Å². The molecule has 0 aromatic heterocycles. The molecule has 0 heterocycles. The largest absolute Gasteiger partial charge is 0.381 e. The first-order valence-electron chi connectivity index (χ1n) is 4.31. The molecule has 2 nitrogen and oxygen atoms in total. The molecule has 1 atom stereocenters. The van der Waals surface area contributed by atoms with Crippen molar-refractivity contribution >= 4 is 5.78 Å². The van der Waals surface area contributed by atoms with Crippen LogP contribution in [-0.2, 0) is 9.53 Å². The maximum absolute atomic E-state index is 10.9. The number of methoxy groups -OCH3 is 1. The fourth-order valence-corrected chi connectivity index (χ4v) is 2.61. The molecule has 2 rings (SSSR count). The van der Waals surface area contributed by atoms with Crippen molar-refractivity contribution in [1.82, 2.24) is 0 Å². The zero-order valence-electron chi connectivity index (χ0n) is 6.93. The van der Waals surface area contributed by atoms with E-state index in [0.717, 1.165) is 19.3 Å². The van der Waals surface area contributed by atoms with Crippen LogP contribution < -0.4 is 0 Å². The van der Waals surface area contributed by atoms with E-state index in [2.05, 4.69) is 0 Å². The predicted molar refractivity (Wildman–Crippen MR) is 41.3 cm³/mol. The van der Waals surface area contributed by atoms with E-state index in [1.54, 1.807) is 7.11 Å². The summed E-state index contributed by atoms with van der Waals surface area (Å²) < 4.78 is 5.36. The van der Waals surface area contributed by atoms with Crippen molar-refractivity contribution in [2.75, 3.05) is 7.11 Å². The third-order valence-electron chi connectivity index (χ3n) is 3.21. The molecule has 0 amide bonds. The van der Waals surface area contributed by atoms with Gasteiger partial charge in [-0.15, -0.1) is 0 Å². The standard InChI is InChI=1S/C9H14O2/c1-11-8-3-2-4-9(8)5-7(10)6-9/h8H,2-6H2,1H3. The maximum atomic E-state index is 10.9. The van der Waals surface area contributed by atoms with Gasteiger partial charge < -0.3 is 4.74 Å². The van der Waals surface area contributed by atoms with E-state index in [-0.39, 0.29) is 5.41 Å². The van der Waals surface area contributed by atoms with Gasteiger partial charge in [0.05, 0.1) is 6.10 Å².